The van der Waals surface area contributed by atoms with Crippen LogP contribution in [0.1, 0.15) is 56.6 Å². The van der Waals surface area contributed by atoms with Crippen LogP contribution in [0.5, 0.6) is 5.75 Å². The molecule has 7 nitrogen and oxygen atoms in total. The monoisotopic (exact) mass is 466 g/mol. The van der Waals surface area contributed by atoms with E-state index in [-0.39, 0.29) is 48.5 Å². The van der Waals surface area contributed by atoms with Crippen LogP contribution in [-0.2, 0) is 9.59 Å². The third-order valence-electron chi connectivity index (χ3n) is 7.08. The first-order chi connectivity index (χ1) is 16.4. The Morgan fingerprint density at radius 3 is 2.44 bits per heavy atom. The van der Waals surface area contributed by atoms with E-state index >= 15 is 0 Å². The number of hydrogen-bond acceptors (Lipinski definition) is 4. The normalized spacial score (nSPS) is 23.1. The molecule has 2 fully saturated rings. The van der Waals surface area contributed by atoms with Gasteiger partial charge in [0.25, 0.3) is 0 Å². The van der Waals surface area contributed by atoms with E-state index in [4.69, 9.17) is 9.84 Å². The predicted molar refractivity (Wildman–Crippen MR) is 122 cm³/mol. The van der Waals surface area contributed by atoms with Crippen molar-refractivity contribution in [1.29, 1.82) is 0 Å². The summed E-state index contributed by atoms with van der Waals surface area (Å²) in [4.78, 5) is 41.3. The van der Waals surface area contributed by atoms with Crippen molar-refractivity contribution in [3.05, 3.63) is 59.9 Å². The fourth-order valence-electron chi connectivity index (χ4n) is 5.55. The van der Waals surface area contributed by atoms with E-state index in [1.54, 1.807) is 4.90 Å². The molecule has 2 aliphatic carbocycles. The number of para-hydroxylation sites is 1. The maximum absolute atomic E-state index is 13.4. The summed E-state index contributed by atoms with van der Waals surface area (Å²) in [6.45, 7) is 0. The number of rotatable bonds is 6. The van der Waals surface area contributed by atoms with Gasteiger partial charge in [-0.25, -0.2) is 9.18 Å². The second kappa shape index (κ2) is 9.08. The predicted octanol–water partition coefficient (Wildman–Crippen LogP) is 4.91. The highest BCUT2D eigenvalue weighted by Crippen LogP contribution is 2.52. The molecule has 0 spiro atoms. The van der Waals surface area contributed by atoms with E-state index in [1.165, 1.54) is 24.3 Å². The molecule has 3 atom stereocenters. The van der Waals surface area contributed by atoms with Gasteiger partial charge in [-0.15, -0.1) is 0 Å². The Morgan fingerprint density at radius 2 is 1.74 bits per heavy atom. The summed E-state index contributed by atoms with van der Waals surface area (Å²) >= 11 is 0. The number of anilines is 1. The number of hydrogen-bond donors (Lipinski definition) is 1. The first-order valence-corrected chi connectivity index (χ1v) is 11.8. The Balaban J connectivity index is 1.50. The number of carbonyl (C=O) groups is 3. The zero-order valence-corrected chi connectivity index (χ0v) is 18.7. The van der Waals surface area contributed by atoms with E-state index in [0.29, 0.717) is 5.69 Å². The number of carbonyl (C=O) groups excluding carboxylic acids is 2. The number of halogens is 1. The van der Waals surface area contributed by atoms with Gasteiger partial charge in [-0.1, -0.05) is 24.6 Å². The van der Waals surface area contributed by atoms with E-state index < -0.39 is 17.9 Å². The quantitative estimate of drug-likeness (QED) is 0.654. The SMILES string of the molecule is O=C(O)CCC(=O)N(C1CC1)C1c2ccccc2N(C(=O)Oc2ccc(F)cc2)C2CCCC21. The lowest BCUT2D eigenvalue weighted by Crippen LogP contribution is -2.53. The second-order valence-electron chi connectivity index (χ2n) is 9.28. The van der Waals surface area contributed by atoms with Gasteiger partial charge in [0.15, 0.2) is 0 Å². The molecule has 1 aliphatic heterocycles. The van der Waals surface area contributed by atoms with Crippen molar-refractivity contribution in [2.24, 2.45) is 5.92 Å². The third kappa shape index (κ3) is 4.24. The summed E-state index contributed by atoms with van der Waals surface area (Å²) in [6, 6.07) is 12.7. The van der Waals surface area contributed by atoms with Crippen molar-refractivity contribution < 1.29 is 28.6 Å². The minimum atomic E-state index is -0.985. The molecule has 178 valence electrons. The summed E-state index contributed by atoms with van der Waals surface area (Å²) < 4.78 is 18.9. The number of aliphatic carboxylic acids is 1. The molecule has 0 radical (unpaired) electrons. The number of amides is 2. The lowest BCUT2D eigenvalue weighted by molar-refractivity contribution is -0.142. The van der Waals surface area contributed by atoms with Crippen molar-refractivity contribution in [2.75, 3.05) is 4.90 Å². The van der Waals surface area contributed by atoms with Crippen LogP contribution in [0.3, 0.4) is 0 Å². The van der Waals surface area contributed by atoms with Gasteiger partial charge in [-0.05, 0) is 61.6 Å². The average Bonchev–Trinajstić information content (AvgIpc) is 3.54. The molecule has 1 heterocycles. The molecule has 0 saturated heterocycles. The molecular formula is C26H27FN2O5. The average molecular weight is 467 g/mol. The lowest BCUT2D eigenvalue weighted by atomic mass is 9.81. The largest absolute Gasteiger partial charge is 0.481 e. The van der Waals surface area contributed by atoms with Crippen LogP contribution >= 0.6 is 0 Å². The van der Waals surface area contributed by atoms with Gasteiger partial charge in [0.05, 0.1) is 18.2 Å². The van der Waals surface area contributed by atoms with Gasteiger partial charge < -0.3 is 14.7 Å². The molecule has 1 N–H and O–H groups in total. The molecule has 34 heavy (non-hydrogen) atoms. The lowest BCUT2D eigenvalue weighted by Gasteiger charge is -2.47. The molecule has 8 heteroatoms. The summed E-state index contributed by atoms with van der Waals surface area (Å²) in [7, 11) is 0. The highest BCUT2D eigenvalue weighted by atomic mass is 19.1. The molecule has 2 amide bonds. The van der Waals surface area contributed by atoms with Crippen LogP contribution in [0.4, 0.5) is 14.9 Å². The van der Waals surface area contributed by atoms with Crippen LogP contribution in [0, 0.1) is 11.7 Å². The number of carboxylic acids is 1. The minimum absolute atomic E-state index is 0.0296. The smallest absolute Gasteiger partial charge is 0.420 e. The fraction of sp³-hybridized carbons (Fsp3) is 0.423. The second-order valence-corrected chi connectivity index (χ2v) is 9.28. The number of benzene rings is 2. The van der Waals surface area contributed by atoms with Crippen LogP contribution in [0.15, 0.2) is 48.5 Å². The van der Waals surface area contributed by atoms with Crippen LogP contribution in [0.25, 0.3) is 0 Å². The number of fused-ring (bicyclic) bond motifs is 2. The zero-order valence-electron chi connectivity index (χ0n) is 18.7. The molecule has 2 aromatic rings. The van der Waals surface area contributed by atoms with Gasteiger partial charge in [-0.2, -0.15) is 0 Å². The highest BCUT2D eigenvalue weighted by molar-refractivity contribution is 5.92. The maximum Gasteiger partial charge on any atom is 0.420 e. The van der Waals surface area contributed by atoms with Crippen molar-refractivity contribution >= 4 is 23.7 Å². The number of carboxylic acid groups (broad SMARTS) is 1. The van der Waals surface area contributed by atoms with Crippen molar-refractivity contribution in [3.63, 3.8) is 0 Å². The maximum atomic E-state index is 13.4. The highest BCUT2D eigenvalue weighted by Gasteiger charge is 2.51. The standard InChI is InChI=1S/C26H27FN2O5/c27-16-8-12-18(13-9-16)34-26(33)29-21-6-2-1-4-19(21)25(20-5-3-7-22(20)29)28(17-10-11-17)23(30)14-15-24(31)32/h1-2,4,6,8-9,12-13,17,20,22,25H,3,5,7,10-11,14-15H2,(H,31,32). The van der Waals surface area contributed by atoms with Gasteiger partial charge in [0.1, 0.15) is 11.6 Å². The molecule has 0 aromatic heterocycles. The number of nitrogens with zero attached hydrogens (tertiary/aromatic N) is 2. The first kappa shape index (κ1) is 22.4. The minimum Gasteiger partial charge on any atom is -0.481 e. The third-order valence-corrected chi connectivity index (χ3v) is 7.08. The van der Waals surface area contributed by atoms with Gasteiger partial charge in [0, 0.05) is 24.4 Å². The molecule has 0 bridgehead atoms. The van der Waals surface area contributed by atoms with Crippen molar-refractivity contribution in [3.8, 4) is 5.75 Å². The van der Waals surface area contributed by atoms with E-state index in [2.05, 4.69) is 0 Å². The fourth-order valence-corrected chi connectivity index (χ4v) is 5.55. The Kier molecular flexibility index (Phi) is 5.98. The summed E-state index contributed by atoms with van der Waals surface area (Å²) in [5.74, 6) is -1.23. The van der Waals surface area contributed by atoms with Crippen LogP contribution < -0.4 is 9.64 Å². The molecule has 5 rings (SSSR count). The molecular weight excluding hydrogens is 439 g/mol. The Hall–Kier alpha value is -3.42. The van der Waals surface area contributed by atoms with E-state index in [0.717, 1.165) is 37.7 Å². The van der Waals surface area contributed by atoms with Gasteiger partial charge in [-0.3, -0.25) is 14.5 Å². The summed E-state index contributed by atoms with van der Waals surface area (Å²) in [5, 5.41) is 9.10. The molecule has 2 saturated carbocycles. The zero-order chi connectivity index (χ0) is 23.8. The van der Waals surface area contributed by atoms with Crippen LogP contribution in [0.2, 0.25) is 0 Å². The van der Waals surface area contributed by atoms with E-state index in [9.17, 15) is 18.8 Å². The summed E-state index contributed by atoms with van der Waals surface area (Å²) in [6.07, 6.45) is 3.64. The summed E-state index contributed by atoms with van der Waals surface area (Å²) in [5.41, 5.74) is 1.59. The Morgan fingerprint density at radius 1 is 1.00 bits per heavy atom. The van der Waals surface area contributed by atoms with Crippen LogP contribution in [-0.4, -0.2) is 40.1 Å². The Bertz CT molecular complexity index is 1100. The molecule has 2 aromatic carbocycles. The first-order valence-electron chi connectivity index (χ1n) is 11.8. The van der Waals surface area contributed by atoms with Crippen molar-refractivity contribution in [1.82, 2.24) is 4.90 Å². The van der Waals surface area contributed by atoms with E-state index in [1.807, 2.05) is 29.2 Å². The topological polar surface area (TPSA) is 87.2 Å². The van der Waals surface area contributed by atoms with Crippen molar-refractivity contribution in [2.45, 2.75) is 63.1 Å². The van der Waals surface area contributed by atoms with Gasteiger partial charge >= 0.3 is 12.1 Å². The number of ether oxygens (including phenoxy) is 1. The Labute approximate surface area is 197 Å². The molecule has 3 unspecified atom stereocenters. The van der Waals surface area contributed by atoms with Gasteiger partial charge in [0.2, 0.25) is 5.91 Å². The molecule has 3 aliphatic rings.